The molecule has 1 fully saturated rings. The standard InChI is InChI=1S/C14H28O3Si/c1-10-8-9-11(12(10)13(15)16-5)17-18(6,7)14(2,3)4/h10-12H,8-9H2,1-7H3/t10-,11-,12+/m0/s1. The minimum atomic E-state index is -1.81. The maximum absolute atomic E-state index is 11.9. The monoisotopic (exact) mass is 272 g/mol. The van der Waals surface area contributed by atoms with Crippen molar-refractivity contribution in [1.29, 1.82) is 0 Å². The Hall–Kier alpha value is -0.353. The predicted molar refractivity (Wildman–Crippen MR) is 76.0 cm³/mol. The number of carbonyl (C=O) groups excluding carboxylic acids is 1. The number of rotatable bonds is 3. The molecule has 1 aliphatic carbocycles. The van der Waals surface area contributed by atoms with Crippen LogP contribution in [0.15, 0.2) is 0 Å². The second-order valence-corrected chi connectivity index (χ2v) is 11.8. The predicted octanol–water partition coefficient (Wildman–Crippen LogP) is 3.60. The van der Waals surface area contributed by atoms with Crippen LogP contribution in [-0.2, 0) is 14.0 Å². The van der Waals surface area contributed by atoms with Crippen LogP contribution >= 0.6 is 0 Å². The molecule has 0 amide bonds. The normalized spacial score (nSPS) is 29.4. The average molecular weight is 272 g/mol. The van der Waals surface area contributed by atoms with E-state index in [4.69, 9.17) is 9.16 Å². The maximum atomic E-state index is 11.9. The van der Waals surface area contributed by atoms with Crippen molar-refractivity contribution >= 4 is 14.3 Å². The van der Waals surface area contributed by atoms with Gasteiger partial charge in [0.2, 0.25) is 0 Å². The lowest BCUT2D eigenvalue weighted by molar-refractivity contribution is -0.149. The van der Waals surface area contributed by atoms with Crippen LogP contribution in [0.1, 0.15) is 40.5 Å². The highest BCUT2D eigenvalue weighted by molar-refractivity contribution is 6.74. The van der Waals surface area contributed by atoms with Crippen LogP contribution in [-0.4, -0.2) is 27.5 Å². The lowest BCUT2D eigenvalue weighted by Crippen LogP contribution is -2.46. The maximum Gasteiger partial charge on any atom is 0.311 e. The number of methoxy groups -OCH3 is 1. The van der Waals surface area contributed by atoms with Gasteiger partial charge < -0.3 is 9.16 Å². The molecular weight excluding hydrogens is 244 g/mol. The van der Waals surface area contributed by atoms with E-state index in [1.54, 1.807) is 0 Å². The van der Waals surface area contributed by atoms with E-state index < -0.39 is 8.32 Å². The molecule has 0 aliphatic heterocycles. The largest absolute Gasteiger partial charge is 0.469 e. The van der Waals surface area contributed by atoms with E-state index >= 15 is 0 Å². The molecule has 0 aromatic heterocycles. The van der Waals surface area contributed by atoms with Gasteiger partial charge in [-0.15, -0.1) is 0 Å². The summed E-state index contributed by atoms with van der Waals surface area (Å²) in [6.07, 6.45) is 2.08. The van der Waals surface area contributed by atoms with Crippen molar-refractivity contribution < 1.29 is 14.0 Å². The molecule has 1 aliphatic rings. The quantitative estimate of drug-likeness (QED) is 0.582. The molecule has 0 N–H and O–H groups in total. The van der Waals surface area contributed by atoms with Gasteiger partial charge in [-0.25, -0.2) is 0 Å². The van der Waals surface area contributed by atoms with Crippen LogP contribution in [0.25, 0.3) is 0 Å². The Morgan fingerprint density at radius 3 is 2.22 bits per heavy atom. The van der Waals surface area contributed by atoms with Gasteiger partial charge in [-0.05, 0) is 36.9 Å². The van der Waals surface area contributed by atoms with Crippen LogP contribution in [0.4, 0.5) is 0 Å². The third-order valence-electron chi connectivity index (χ3n) is 4.65. The summed E-state index contributed by atoms with van der Waals surface area (Å²) in [5, 5.41) is 0.180. The summed E-state index contributed by atoms with van der Waals surface area (Å²) in [4.78, 5) is 11.9. The Morgan fingerprint density at radius 2 is 1.78 bits per heavy atom. The first-order valence-corrected chi connectivity index (χ1v) is 9.76. The Kier molecular flexibility index (Phi) is 4.65. The van der Waals surface area contributed by atoms with Gasteiger partial charge in [0.15, 0.2) is 8.32 Å². The first-order chi connectivity index (χ1) is 8.10. The van der Waals surface area contributed by atoms with Crippen LogP contribution < -0.4 is 0 Å². The lowest BCUT2D eigenvalue weighted by atomic mass is 9.97. The molecular formula is C14H28O3Si. The molecule has 0 radical (unpaired) electrons. The van der Waals surface area contributed by atoms with E-state index in [0.717, 1.165) is 12.8 Å². The third kappa shape index (κ3) is 3.15. The summed E-state index contributed by atoms with van der Waals surface area (Å²) in [5.41, 5.74) is 0. The smallest absolute Gasteiger partial charge is 0.311 e. The molecule has 0 aromatic rings. The second-order valence-electron chi connectivity index (χ2n) is 7.02. The summed E-state index contributed by atoms with van der Waals surface area (Å²) in [6, 6.07) is 0. The van der Waals surface area contributed by atoms with Crippen molar-refractivity contribution in [1.82, 2.24) is 0 Å². The highest BCUT2D eigenvalue weighted by Crippen LogP contribution is 2.42. The van der Waals surface area contributed by atoms with Crippen molar-refractivity contribution in [3.63, 3.8) is 0 Å². The molecule has 0 heterocycles. The molecule has 4 heteroatoms. The van der Waals surface area contributed by atoms with Gasteiger partial charge in [-0.1, -0.05) is 27.7 Å². The summed E-state index contributed by atoms with van der Waals surface area (Å²) in [6.45, 7) is 13.3. The number of carbonyl (C=O) groups is 1. The van der Waals surface area contributed by atoms with Crippen molar-refractivity contribution in [2.24, 2.45) is 11.8 Å². The molecule has 1 saturated carbocycles. The third-order valence-corrected chi connectivity index (χ3v) is 9.15. The summed E-state index contributed by atoms with van der Waals surface area (Å²) in [7, 11) is -0.339. The van der Waals surface area contributed by atoms with E-state index in [1.165, 1.54) is 7.11 Å². The molecule has 0 unspecified atom stereocenters. The van der Waals surface area contributed by atoms with Gasteiger partial charge in [-0.3, -0.25) is 4.79 Å². The number of hydrogen-bond donors (Lipinski definition) is 0. The van der Waals surface area contributed by atoms with Crippen molar-refractivity contribution in [3.05, 3.63) is 0 Å². The number of hydrogen-bond acceptors (Lipinski definition) is 3. The molecule has 0 bridgehead atoms. The van der Waals surface area contributed by atoms with Crippen molar-refractivity contribution in [3.8, 4) is 0 Å². The fourth-order valence-corrected chi connectivity index (χ4v) is 3.74. The zero-order valence-electron chi connectivity index (χ0n) is 12.9. The molecule has 0 saturated heterocycles. The van der Waals surface area contributed by atoms with Gasteiger partial charge in [0.25, 0.3) is 0 Å². The first-order valence-electron chi connectivity index (χ1n) is 6.86. The topological polar surface area (TPSA) is 35.5 Å². The highest BCUT2D eigenvalue weighted by Gasteiger charge is 2.46. The van der Waals surface area contributed by atoms with Crippen LogP contribution in [0.3, 0.4) is 0 Å². The second kappa shape index (κ2) is 5.33. The fourth-order valence-electron chi connectivity index (χ4n) is 2.36. The highest BCUT2D eigenvalue weighted by atomic mass is 28.4. The zero-order chi connectivity index (χ0) is 14.1. The van der Waals surface area contributed by atoms with Gasteiger partial charge in [0.1, 0.15) is 0 Å². The van der Waals surface area contributed by atoms with E-state index in [0.29, 0.717) is 5.92 Å². The van der Waals surface area contributed by atoms with Crippen LogP contribution in [0, 0.1) is 11.8 Å². The Morgan fingerprint density at radius 1 is 1.22 bits per heavy atom. The Labute approximate surface area is 112 Å². The molecule has 3 atom stereocenters. The van der Waals surface area contributed by atoms with Gasteiger partial charge in [0, 0.05) is 0 Å². The van der Waals surface area contributed by atoms with Crippen LogP contribution in [0.5, 0.6) is 0 Å². The number of esters is 1. The van der Waals surface area contributed by atoms with Crippen molar-refractivity contribution in [2.45, 2.75) is 64.8 Å². The van der Waals surface area contributed by atoms with Crippen molar-refractivity contribution in [2.75, 3.05) is 7.11 Å². The summed E-state index contributed by atoms with van der Waals surface area (Å²) < 4.78 is 11.3. The van der Waals surface area contributed by atoms with Crippen LogP contribution in [0.2, 0.25) is 18.1 Å². The zero-order valence-corrected chi connectivity index (χ0v) is 13.9. The molecule has 18 heavy (non-hydrogen) atoms. The van der Waals surface area contributed by atoms with Gasteiger partial charge in [-0.2, -0.15) is 0 Å². The average Bonchev–Trinajstić information content (AvgIpc) is 2.56. The lowest BCUT2D eigenvalue weighted by Gasteiger charge is -2.39. The Bertz CT molecular complexity index is 307. The molecule has 3 nitrogen and oxygen atoms in total. The van der Waals surface area contributed by atoms with Gasteiger partial charge in [0.05, 0.1) is 19.1 Å². The molecule has 0 spiro atoms. The SMILES string of the molecule is COC(=O)[C@H]1[C@@H](O[Si](C)(C)C(C)(C)C)CC[C@@H]1C. The minimum Gasteiger partial charge on any atom is -0.469 e. The first kappa shape index (κ1) is 15.7. The minimum absolute atomic E-state index is 0.0494. The number of ether oxygens (including phenoxy) is 1. The molecule has 1 rings (SSSR count). The summed E-state index contributed by atoms with van der Waals surface area (Å²) >= 11 is 0. The molecule has 0 aromatic carbocycles. The Balaban J connectivity index is 2.81. The van der Waals surface area contributed by atoms with E-state index in [2.05, 4.69) is 40.8 Å². The van der Waals surface area contributed by atoms with E-state index in [-0.39, 0.29) is 23.0 Å². The fraction of sp³-hybridized carbons (Fsp3) is 0.929. The van der Waals surface area contributed by atoms with E-state index in [9.17, 15) is 4.79 Å². The summed E-state index contributed by atoms with van der Waals surface area (Å²) in [5.74, 6) is 0.181. The molecule has 106 valence electrons. The van der Waals surface area contributed by atoms with E-state index in [1.807, 2.05) is 0 Å². The van der Waals surface area contributed by atoms with Gasteiger partial charge >= 0.3 is 5.97 Å².